The number of phenols is 2. The van der Waals surface area contributed by atoms with Crippen LogP contribution in [0.15, 0.2) is 12.1 Å². The molecule has 1 aromatic carbocycles. The lowest BCUT2D eigenvalue weighted by Gasteiger charge is -2.44. The third-order valence-electron chi connectivity index (χ3n) is 7.54. The van der Waals surface area contributed by atoms with Crippen molar-refractivity contribution in [2.45, 2.75) is 84.3 Å². The van der Waals surface area contributed by atoms with E-state index in [9.17, 15) is 15.0 Å². The Hall–Kier alpha value is -2.65. The zero-order valence-electron chi connectivity index (χ0n) is 22.5. The second-order valence-electron chi connectivity index (χ2n) is 10.7. The fraction of sp³-hybridized carbons (Fsp3) is 0.667. The van der Waals surface area contributed by atoms with Gasteiger partial charge in [0.05, 0.1) is 5.56 Å². The molecule has 2 fully saturated rings. The quantitative estimate of drug-likeness (QED) is 0.301. The van der Waals surface area contributed by atoms with Crippen LogP contribution in [-0.2, 0) is 4.79 Å². The maximum atomic E-state index is 12.9. The summed E-state index contributed by atoms with van der Waals surface area (Å²) < 4.78 is 0. The summed E-state index contributed by atoms with van der Waals surface area (Å²) in [6.07, 6.45) is 3.40. The van der Waals surface area contributed by atoms with E-state index in [1.807, 2.05) is 27.7 Å². The molecule has 0 spiro atoms. The summed E-state index contributed by atoms with van der Waals surface area (Å²) >= 11 is 0. The van der Waals surface area contributed by atoms with Crippen LogP contribution in [0.2, 0.25) is 0 Å². The molecule has 3 rings (SSSR count). The van der Waals surface area contributed by atoms with Crippen molar-refractivity contribution < 1.29 is 15.0 Å². The highest BCUT2D eigenvalue weighted by molar-refractivity contribution is 6.40. The summed E-state index contributed by atoms with van der Waals surface area (Å²) in [6, 6.07) is 3.01. The number of benzene rings is 1. The second-order valence-corrected chi connectivity index (χ2v) is 10.7. The Morgan fingerprint density at radius 1 is 1.03 bits per heavy atom. The van der Waals surface area contributed by atoms with Gasteiger partial charge in [0.2, 0.25) is 0 Å². The highest BCUT2D eigenvalue weighted by atomic mass is 16.3. The number of aromatic hydroxyl groups is 2. The summed E-state index contributed by atoms with van der Waals surface area (Å²) in [6.45, 7) is 15.1. The van der Waals surface area contributed by atoms with Gasteiger partial charge in [-0.15, -0.1) is 0 Å². The number of carbonyl (C=O) groups is 1. The van der Waals surface area contributed by atoms with Gasteiger partial charge in [-0.1, -0.05) is 20.8 Å². The number of hydrogen-bond donors (Lipinski definition) is 5. The average Bonchev–Trinajstić information content (AvgIpc) is 2.84. The third-order valence-corrected chi connectivity index (χ3v) is 7.54. The minimum Gasteiger partial charge on any atom is -0.508 e. The topological polar surface area (TPSA) is 127 Å². The van der Waals surface area contributed by atoms with Gasteiger partial charge in [0.1, 0.15) is 17.3 Å². The number of carbonyl (C=O) groups excluding carboxylic acids is 1. The van der Waals surface area contributed by atoms with Crippen molar-refractivity contribution in [3.8, 4) is 11.5 Å². The molecule has 2 aliphatic rings. The van der Waals surface area contributed by atoms with E-state index in [4.69, 9.17) is 10.8 Å². The highest BCUT2D eigenvalue weighted by Gasteiger charge is 2.36. The highest BCUT2D eigenvalue weighted by Crippen LogP contribution is 2.35. The number of piperazine rings is 1. The van der Waals surface area contributed by atoms with E-state index in [1.54, 1.807) is 6.07 Å². The lowest BCUT2D eigenvalue weighted by Crippen LogP contribution is -2.55. The van der Waals surface area contributed by atoms with Gasteiger partial charge in [-0.3, -0.25) is 20.5 Å². The van der Waals surface area contributed by atoms with E-state index in [1.165, 1.54) is 11.0 Å². The summed E-state index contributed by atoms with van der Waals surface area (Å²) in [5.41, 5.74) is 0.831. The molecule has 1 aromatic rings. The van der Waals surface area contributed by atoms with Crippen LogP contribution in [0.3, 0.4) is 0 Å². The number of nitrogens with one attached hydrogen (secondary N) is 3. The lowest BCUT2D eigenvalue weighted by atomic mass is 9.88. The zero-order valence-corrected chi connectivity index (χ0v) is 22.5. The molecule has 1 aliphatic heterocycles. The fourth-order valence-electron chi connectivity index (χ4n) is 5.42. The molecule has 0 aromatic heterocycles. The molecule has 0 radical (unpaired) electrons. The van der Waals surface area contributed by atoms with Crippen molar-refractivity contribution in [2.75, 3.05) is 32.7 Å². The van der Waals surface area contributed by atoms with Crippen molar-refractivity contribution in [1.82, 2.24) is 20.0 Å². The number of phenolic OH excluding ortho intramolecular Hbond substituents is 2. The van der Waals surface area contributed by atoms with Gasteiger partial charge in [-0.2, -0.15) is 0 Å². The number of hydrogen-bond acceptors (Lipinski definition) is 7. The van der Waals surface area contributed by atoms with Crippen LogP contribution in [0, 0.1) is 10.8 Å². The monoisotopic (exact) mass is 500 g/mol. The Morgan fingerprint density at radius 3 is 2.17 bits per heavy atom. The first-order chi connectivity index (χ1) is 17.0. The van der Waals surface area contributed by atoms with Gasteiger partial charge in [0.15, 0.2) is 5.84 Å². The van der Waals surface area contributed by atoms with Gasteiger partial charge < -0.3 is 25.3 Å². The van der Waals surface area contributed by atoms with Gasteiger partial charge >= 0.3 is 0 Å². The second kappa shape index (κ2) is 12.1. The van der Waals surface area contributed by atoms with E-state index in [0.717, 1.165) is 58.4 Å². The first-order valence-electron chi connectivity index (χ1n) is 13.3. The maximum Gasteiger partial charge on any atom is 0.286 e. The molecule has 0 bridgehead atoms. The molecular formula is C27H44N6O3. The van der Waals surface area contributed by atoms with Gasteiger partial charge in [-0.05, 0) is 63.6 Å². The minimum absolute atomic E-state index is 0.0158. The molecule has 1 aliphatic carbocycles. The Kier molecular flexibility index (Phi) is 9.35. The SMILES string of the molecule is CCN1CCN(C2CCC(N(C(=N)C(=O)NC(C)C)C(=N)c3cc(C(C)C)c(O)cc3O)CC2)CC1. The number of nitrogens with zero attached hydrogens (tertiary/aromatic N) is 3. The van der Waals surface area contributed by atoms with Crippen LogP contribution in [0.4, 0.5) is 0 Å². The van der Waals surface area contributed by atoms with Crippen LogP contribution in [0.25, 0.3) is 0 Å². The lowest BCUT2D eigenvalue weighted by molar-refractivity contribution is -0.116. The molecule has 5 N–H and O–H groups in total. The van der Waals surface area contributed by atoms with E-state index < -0.39 is 5.91 Å². The summed E-state index contributed by atoms with van der Waals surface area (Å²) in [5, 5.41) is 41.4. The Morgan fingerprint density at radius 2 is 1.64 bits per heavy atom. The molecule has 1 heterocycles. The van der Waals surface area contributed by atoms with Crippen molar-refractivity contribution in [2.24, 2.45) is 0 Å². The maximum absolute atomic E-state index is 12.9. The normalized spacial score (nSPS) is 21.5. The van der Waals surface area contributed by atoms with Crippen molar-refractivity contribution in [1.29, 1.82) is 10.8 Å². The summed E-state index contributed by atoms with van der Waals surface area (Å²) in [4.78, 5) is 19.4. The number of rotatable bonds is 6. The Labute approximate surface area is 215 Å². The summed E-state index contributed by atoms with van der Waals surface area (Å²) in [7, 11) is 0. The van der Waals surface area contributed by atoms with E-state index in [2.05, 4.69) is 22.0 Å². The average molecular weight is 501 g/mol. The number of amides is 1. The molecule has 36 heavy (non-hydrogen) atoms. The molecule has 1 amide bonds. The van der Waals surface area contributed by atoms with Crippen molar-refractivity contribution >= 4 is 17.6 Å². The van der Waals surface area contributed by atoms with Gasteiger partial charge in [0.25, 0.3) is 5.91 Å². The zero-order chi connectivity index (χ0) is 26.6. The standard InChI is InChI=1S/C27H44N6O3/c1-6-31-11-13-32(14-12-31)19-7-9-20(10-8-19)33(26(29)27(36)30-18(4)5)25(28)22-15-21(17(2)3)23(34)16-24(22)35/h15-20,28-29,34-35H,6-14H2,1-5H3,(H,30,36). The molecule has 0 unspecified atom stereocenters. The van der Waals surface area contributed by atoms with E-state index in [-0.39, 0.29) is 46.7 Å². The Balaban J connectivity index is 1.83. The Bertz CT molecular complexity index is 947. The van der Waals surface area contributed by atoms with E-state index in [0.29, 0.717) is 11.6 Å². The van der Waals surface area contributed by atoms with Crippen LogP contribution in [0.5, 0.6) is 11.5 Å². The largest absolute Gasteiger partial charge is 0.508 e. The van der Waals surface area contributed by atoms with Gasteiger partial charge in [0, 0.05) is 50.4 Å². The summed E-state index contributed by atoms with van der Waals surface area (Å²) in [5.74, 6) is -1.17. The predicted molar refractivity (Wildman–Crippen MR) is 143 cm³/mol. The minimum atomic E-state index is -0.532. The van der Waals surface area contributed by atoms with Crippen LogP contribution < -0.4 is 5.32 Å². The van der Waals surface area contributed by atoms with Crippen LogP contribution in [0.1, 0.15) is 77.3 Å². The molecule has 200 valence electrons. The number of amidine groups is 2. The molecule has 1 saturated carbocycles. The first kappa shape index (κ1) is 27.9. The van der Waals surface area contributed by atoms with Crippen molar-refractivity contribution in [3.63, 3.8) is 0 Å². The van der Waals surface area contributed by atoms with E-state index >= 15 is 0 Å². The number of likely N-dealkylation sites (N-methyl/N-ethyl adjacent to an activating group) is 1. The smallest absolute Gasteiger partial charge is 0.286 e. The predicted octanol–water partition coefficient (Wildman–Crippen LogP) is 3.30. The third kappa shape index (κ3) is 6.37. The molecule has 9 heteroatoms. The van der Waals surface area contributed by atoms with Crippen molar-refractivity contribution in [3.05, 3.63) is 23.3 Å². The molecule has 9 nitrogen and oxygen atoms in total. The van der Waals surface area contributed by atoms with Crippen LogP contribution >= 0.6 is 0 Å². The molecule has 0 atom stereocenters. The van der Waals surface area contributed by atoms with Gasteiger partial charge in [-0.25, -0.2) is 0 Å². The fourth-order valence-corrected chi connectivity index (χ4v) is 5.42. The molecule has 1 saturated heterocycles. The van der Waals surface area contributed by atoms with Crippen LogP contribution in [-0.4, -0.2) is 93.3 Å². The molecular weight excluding hydrogens is 456 g/mol. The first-order valence-corrected chi connectivity index (χ1v) is 13.3.